The van der Waals surface area contributed by atoms with E-state index in [9.17, 15) is 4.79 Å². The smallest absolute Gasteiger partial charge is 0.202 e. The number of fused-ring (bicyclic) bond motifs is 1. The maximum absolute atomic E-state index is 12.0. The maximum Gasteiger partial charge on any atom is 0.202 e. The van der Waals surface area contributed by atoms with Gasteiger partial charge < -0.3 is 4.98 Å². The van der Waals surface area contributed by atoms with Crippen LogP contribution in [0.3, 0.4) is 0 Å². The first-order valence-electron chi connectivity index (χ1n) is 5.70. The lowest BCUT2D eigenvalue weighted by molar-refractivity contribution is 0.0984. The van der Waals surface area contributed by atoms with Crippen molar-refractivity contribution in [1.82, 2.24) is 15.0 Å². The number of ketones is 1. The fraction of sp³-hybridized carbons (Fsp3) is 0.0714. The van der Waals surface area contributed by atoms with Crippen LogP contribution in [0, 0.1) is 0 Å². The molecule has 0 saturated carbocycles. The van der Waals surface area contributed by atoms with E-state index in [2.05, 4.69) is 15.0 Å². The molecule has 0 spiro atoms. The molecule has 0 unspecified atom stereocenters. The molecule has 0 fully saturated rings. The molecule has 1 aromatic carbocycles. The Labute approximate surface area is 104 Å². The summed E-state index contributed by atoms with van der Waals surface area (Å²) in [5, 5.41) is 1.01. The fourth-order valence-electron chi connectivity index (χ4n) is 1.98. The molecule has 2 heterocycles. The number of carbonyl (C=O) groups excluding carboxylic acids is 1. The molecule has 0 amide bonds. The molecular formula is C14H11N3O. The number of H-pyrrole nitrogens is 1. The van der Waals surface area contributed by atoms with Crippen LogP contribution in [0.15, 0.2) is 48.9 Å². The van der Waals surface area contributed by atoms with Crippen molar-refractivity contribution in [1.29, 1.82) is 0 Å². The van der Waals surface area contributed by atoms with Gasteiger partial charge in [0, 0.05) is 30.4 Å². The van der Waals surface area contributed by atoms with Gasteiger partial charge in [0.25, 0.3) is 0 Å². The lowest BCUT2D eigenvalue weighted by Gasteiger charge is -2.04. The van der Waals surface area contributed by atoms with E-state index >= 15 is 0 Å². The third-order valence-corrected chi connectivity index (χ3v) is 2.85. The molecule has 0 atom stereocenters. The molecule has 4 nitrogen and oxygen atoms in total. The van der Waals surface area contributed by atoms with Gasteiger partial charge >= 0.3 is 0 Å². The number of nitrogens with zero attached hydrogens (tertiary/aromatic N) is 2. The van der Waals surface area contributed by atoms with Crippen LogP contribution in [0.25, 0.3) is 10.9 Å². The van der Waals surface area contributed by atoms with Crippen molar-refractivity contribution in [2.45, 2.75) is 6.42 Å². The molecule has 18 heavy (non-hydrogen) atoms. The van der Waals surface area contributed by atoms with Crippen LogP contribution in [-0.2, 0) is 6.42 Å². The summed E-state index contributed by atoms with van der Waals surface area (Å²) in [7, 11) is 0. The topological polar surface area (TPSA) is 58.6 Å². The molecule has 0 aliphatic carbocycles. The van der Waals surface area contributed by atoms with E-state index in [0.717, 1.165) is 16.5 Å². The van der Waals surface area contributed by atoms with Gasteiger partial charge in [0.05, 0.1) is 5.52 Å². The first-order chi connectivity index (χ1) is 8.84. The summed E-state index contributed by atoms with van der Waals surface area (Å²) in [6.45, 7) is 0. The van der Waals surface area contributed by atoms with E-state index in [1.165, 1.54) is 0 Å². The Morgan fingerprint density at radius 2 is 2.00 bits per heavy atom. The molecule has 88 valence electrons. The Morgan fingerprint density at radius 3 is 2.83 bits per heavy atom. The first-order valence-corrected chi connectivity index (χ1v) is 5.70. The van der Waals surface area contributed by atoms with Crippen molar-refractivity contribution in [3.63, 3.8) is 0 Å². The Kier molecular flexibility index (Phi) is 2.61. The minimum absolute atomic E-state index is 0.0173. The molecule has 2 aromatic heterocycles. The highest BCUT2D eigenvalue weighted by molar-refractivity contribution is 5.96. The molecule has 0 bridgehead atoms. The number of carbonyl (C=O) groups is 1. The summed E-state index contributed by atoms with van der Waals surface area (Å²) in [6.07, 6.45) is 5.29. The highest BCUT2D eigenvalue weighted by Crippen LogP contribution is 2.17. The summed E-state index contributed by atoms with van der Waals surface area (Å²) in [4.78, 5) is 23.1. The molecule has 3 aromatic rings. The number of hydrogen-bond acceptors (Lipinski definition) is 3. The van der Waals surface area contributed by atoms with Gasteiger partial charge in [0.2, 0.25) is 5.78 Å². The predicted molar refractivity (Wildman–Crippen MR) is 68.4 cm³/mol. The number of imidazole rings is 1. The number of hydrogen-bond donors (Lipinski definition) is 1. The van der Waals surface area contributed by atoms with Gasteiger partial charge in [-0.2, -0.15) is 0 Å². The number of nitrogens with one attached hydrogen (secondary N) is 1. The molecule has 0 saturated heterocycles. The normalized spacial score (nSPS) is 10.7. The van der Waals surface area contributed by atoms with E-state index in [4.69, 9.17) is 0 Å². The first kappa shape index (κ1) is 10.7. The van der Waals surface area contributed by atoms with Crippen LogP contribution in [0.4, 0.5) is 0 Å². The van der Waals surface area contributed by atoms with Gasteiger partial charge in [-0.15, -0.1) is 0 Å². The van der Waals surface area contributed by atoms with Gasteiger partial charge in [0.15, 0.2) is 5.82 Å². The molecule has 3 rings (SSSR count). The van der Waals surface area contributed by atoms with E-state index in [1.807, 2.05) is 30.3 Å². The van der Waals surface area contributed by atoms with Crippen LogP contribution >= 0.6 is 0 Å². The number of pyridine rings is 1. The number of aromatic amines is 1. The zero-order valence-corrected chi connectivity index (χ0v) is 9.63. The summed E-state index contributed by atoms with van der Waals surface area (Å²) in [5.74, 6) is 0.382. The Morgan fingerprint density at radius 1 is 1.11 bits per heavy atom. The number of rotatable bonds is 3. The highest BCUT2D eigenvalue weighted by Gasteiger charge is 2.11. The minimum atomic E-state index is -0.0173. The molecular weight excluding hydrogens is 226 g/mol. The molecule has 1 N–H and O–H groups in total. The minimum Gasteiger partial charge on any atom is -0.342 e. The summed E-state index contributed by atoms with van der Waals surface area (Å²) in [6, 6.07) is 9.69. The third-order valence-electron chi connectivity index (χ3n) is 2.85. The van der Waals surface area contributed by atoms with Crippen LogP contribution in [-0.4, -0.2) is 20.7 Å². The maximum atomic E-state index is 12.0. The van der Waals surface area contributed by atoms with Gasteiger partial charge in [0.1, 0.15) is 0 Å². The van der Waals surface area contributed by atoms with Gasteiger partial charge in [-0.05, 0) is 17.7 Å². The van der Waals surface area contributed by atoms with E-state index in [-0.39, 0.29) is 5.78 Å². The van der Waals surface area contributed by atoms with Gasteiger partial charge in [-0.1, -0.05) is 18.2 Å². The van der Waals surface area contributed by atoms with E-state index < -0.39 is 0 Å². The molecule has 0 aliphatic rings. The van der Waals surface area contributed by atoms with Crippen LogP contribution in [0.2, 0.25) is 0 Å². The van der Waals surface area contributed by atoms with Crippen molar-refractivity contribution in [3.8, 4) is 0 Å². The average Bonchev–Trinajstić information content (AvgIpc) is 2.93. The lowest BCUT2D eigenvalue weighted by Crippen LogP contribution is -2.06. The van der Waals surface area contributed by atoms with E-state index in [1.54, 1.807) is 18.6 Å². The van der Waals surface area contributed by atoms with Gasteiger partial charge in [-0.25, -0.2) is 4.98 Å². The average molecular weight is 237 g/mol. The Bertz CT molecular complexity index is 684. The summed E-state index contributed by atoms with van der Waals surface area (Å²) >= 11 is 0. The quantitative estimate of drug-likeness (QED) is 0.711. The number of para-hydroxylation sites is 1. The zero-order valence-electron chi connectivity index (χ0n) is 9.63. The fourth-order valence-corrected chi connectivity index (χ4v) is 1.98. The van der Waals surface area contributed by atoms with Crippen LogP contribution in [0.1, 0.15) is 16.2 Å². The zero-order chi connectivity index (χ0) is 12.4. The second-order valence-electron chi connectivity index (χ2n) is 4.02. The van der Waals surface area contributed by atoms with Crippen molar-refractivity contribution < 1.29 is 4.79 Å². The van der Waals surface area contributed by atoms with Gasteiger partial charge in [-0.3, -0.25) is 9.78 Å². The second-order valence-corrected chi connectivity index (χ2v) is 4.02. The Hall–Kier alpha value is -2.49. The SMILES string of the molecule is O=C(Cc1ccnc2ccccc12)c1ncc[nH]1. The third kappa shape index (κ3) is 1.88. The molecule has 0 aliphatic heterocycles. The van der Waals surface area contributed by atoms with E-state index in [0.29, 0.717) is 12.2 Å². The standard InChI is InChI=1S/C14H11N3O/c18-13(14-16-7-8-17-14)9-10-5-6-15-12-4-2-1-3-11(10)12/h1-8H,9H2,(H,16,17). The number of Topliss-reactive ketones (excluding diaryl/α,β-unsaturated/α-hetero) is 1. The summed E-state index contributed by atoms with van der Waals surface area (Å²) < 4.78 is 0. The lowest BCUT2D eigenvalue weighted by atomic mass is 10.0. The predicted octanol–water partition coefficient (Wildman–Crippen LogP) is 2.38. The molecule has 4 heteroatoms. The van der Waals surface area contributed by atoms with Crippen molar-refractivity contribution in [3.05, 3.63) is 60.3 Å². The van der Waals surface area contributed by atoms with Crippen LogP contribution in [0.5, 0.6) is 0 Å². The highest BCUT2D eigenvalue weighted by atomic mass is 16.1. The largest absolute Gasteiger partial charge is 0.342 e. The Balaban J connectivity index is 1.98. The second kappa shape index (κ2) is 4.41. The molecule has 0 radical (unpaired) electrons. The monoisotopic (exact) mass is 237 g/mol. The number of benzene rings is 1. The summed E-state index contributed by atoms with van der Waals surface area (Å²) in [5.41, 5.74) is 1.88. The van der Waals surface area contributed by atoms with Crippen molar-refractivity contribution >= 4 is 16.7 Å². The van der Waals surface area contributed by atoms with Crippen molar-refractivity contribution in [2.75, 3.05) is 0 Å². The van der Waals surface area contributed by atoms with Crippen LogP contribution < -0.4 is 0 Å². The number of aromatic nitrogens is 3. The van der Waals surface area contributed by atoms with Crippen molar-refractivity contribution in [2.24, 2.45) is 0 Å².